The van der Waals surface area contributed by atoms with E-state index in [1.54, 1.807) is 0 Å². The molecule has 3 nitrogen and oxygen atoms in total. The Morgan fingerprint density at radius 2 is 2.33 bits per heavy atom. The van der Waals surface area contributed by atoms with Crippen LogP contribution in [-0.2, 0) is 23.6 Å². The van der Waals surface area contributed by atoms with Crippen LogP contribution in [0.25, 0.3) is 0 Å². The van der Waals surface area contributed by atoms with Crippen molar-refractivity contribution in [3.8, 4) is 5.75 Å². The number of hydrogen-bond donors (Lipinski definition) is 1. The molecule has 0 saturated heterocycles. The smallest absolute Gasteiger partial charge is 0.122 e. The summed E-state index contributed by atoms with van der Waals surface area (Å²) < 4.78 is 17.3. The first-order valence-corrected chi connectivity index (χ1v) is 8.03. The quantitative estimate of drug-likeness (QED) is 0.852. The molecule has 1 aliphatic rings. The lowest BCUT2D eigenvalue weighted by atomic mass is 10.1. The van der Waals surface area contributed by atoms with E-state index in [1.807, 2.05) is 13.0 Å². The van der Waals surface area contributed by atoms with E-state index in [4.69, 9.17) is 10.5 Å². The Kier molecular flexibility index (Phi) is 4.78. The van der Waals surface area contributed by atoms with E-state index in [1.165, 1.54) is 11.1 Å². The van der Waals surface area contributed by atoms with Crippen molar-refractivity contribution in [3.05, 3.63) is 29.3 Å². The maximum absolute atomic E-state index is 11.8. The minimum atomic E-state index is -0.805. The summed E-state index contributed by atoms with van der Waals surface area (Å²) in [6.45, 7) is 2.82. The molecule has 0 bridgehead atoms. The highest BCUT2D eigenvalue weighted by atomic mass is 32.2. The molecular formula is C14H21NO2S. The highest BCUT2D eigenvalue weighted by Gasteiger charge is 2.12. The molecule has 1 aliphatic heterocycles. The van der Waals surface area contributed by atoms with Gasteiger partial charge in [0.2, 0.25) is 0 Å². The van der Waals surface area contributed by atoms with Gasteiger partial charge in [-0.15, -0.1) is 0 Å². The van der Waals surface area contributed by atoms with Crippen LogP contribution < -0.4 is 10.5 Å². The van der Waals surface area contributed by atoms with Crippen LogP contribution in [0.2, 0.25) is 0 Å². The first kappa shape index (κ1) is 13.6. The monoisotopic (exact) mass is 267 g/mol. The van der Waals surface area contributed by atoms with Crippen molar-refractivity contribution in [1.29, 1.82) is 0 Å². The van der Waals surface area contributed by atoms with E-state index in [-0.39, 0.29) is 6.04 Å². The Bertz CT molecular complexity index is 434. The minimum absolute atomic E-state index is 0.0688. The summed E-state index contributed by atoms with van der Waals surface area (Å²) in [6.07, 6.45) is 2.74. The van der Waals surface area contributed by atoms with Crippen molar-refractivity contribution in [3.63, 3.8) is 0 Å². The number of benzene rings is 1. The number of aryl methyl sites for hydroxylation is 1. The third kappa shape index (κ3) is 3.56. The predicted octanol–water partition coefficient (Wildman–Crippen LogP) is 1.65. The summed E-state index contributed by atoms with van der Waals surface area (Å²) in [5, 5.41) is 0. The molecule has 18 heavy (non-hydrogen) atoms. The van der Waals surface area contributed by atoms with Gasteiger partial charge < -0.3 is 10.5 Å². The van der Waals surface area contributed by atoms with Crippen molar-refractivity contribution >= 4 is 10.8 Å². The molecule has 1 heterocycles. The van der Waals surface area contributed by atoms with Gasteiger partial charge in [-0.2, -0.15) is 0 Å². The molecule has 4 heteroatoms. The van der Waals surface area contributed by atoms with Gasteiger partial charge in [-0.1, -0.05) is 19.1 Å². The highest BCUT2D eigenvalue weighted by Crippen LogP contribution is 2.25. The lowest BCUT2D eigenvalue weighted by Crippen LogP contribution is -2.27. The fourth-order valence-electron chi connectivity index (χ4n) is 2.07. The zero-order valence-corrected chi connectivity index (χ0v) is 11.7. The normalized spacial score (nSPS) is 17.0. The predicted molar refractivity (Wildman–Crippen MR) is 75.5 cm³/mol. The van der Waals surface area contributed by atoms with Gasteiger partial charge in [0, 0.05) is 34.8 Å². The van der Waals surface area contributed by atoms with Crippen molar-refractivity contribution in [1.82, 2.24) is 0 Å². The molecule has 0 fully saturated rings. The van der Waals surface area contributed by atoms with E-state index in [0.29, 0.717) is 11.5 Å². The SMILES string of the molecule is CCC(N)CS(=O)CCc1ccc2c(c1)CCO2. The van der Waals surface area contributed by atoms with Crippen LogP contribution in [0.15, 0.2) is 18.2 Å². The minimum Gasteiger partial charge on any atom is -0.493 e. The Hall–Kier alpha value is -0.870. The van der Waals surface area contributed by atoms with Gasteiger partial charge >= 0.3 is 0 Å². The Labute approximate surface area is 111 Å². The molecule has 2 unspecified atom stereocenters. The van der Waals surface area contributed by atoms with E-state index >= 15 is 0 Å². The van der Waals surface area contributed by atoms with Gasteiger partial charge in [-0.25, -0.2) is 0 Å². The van der Waals surface area contributed by atoms with E-state index < -0.39 is 10.8 Å². The standard InChI is InChI=1S/C14H21NO2S/c1-2-13(15)10-18(16)8-6-11-3-4-14-12(9-11)5-7-17-14/h3-4,9,13H,2,5-8,10,15H2,1H3. The first-order valence-electron chi connectivity index (χ1n) is 6.54. The zero-order chi connectivity index (χ0) is 13.0. The van der Waals surface area contributed by atoms with Crippen LogP contribution in [0.3, 0.4) is 0 Å². The lowest BCUT2D eigenvalue weighted by molar-refractivity contribution is 0.357. The highest BCUT2D eigenvalue weighted by molar-refractivity contribution is 7.85. The van der Waals surface area contributed by atoms with Crippen molar-refractivity contribution in [2.24, 2.45) is 5.73 Å². The Morgan fingerprint density at radius 1 is 1.50 bits per heavy atom. The second-order valence-electron chi connectivity index (χ2n) is 4.77. The molecule has 0 aliphatic carbocycles. The average molecular weight is 267 g/mol. The summed E-state index contributed by atoms with van der Waals surface area (Å²) >= 11 is 0. The number of nitrogens with two attached hydrogens (primary N) is 1. The number of hydrogen-bond acceptors (Lipinski definition) is 3. The molecule has 0 spiro atoms. The van der Waals surface area contributed by atoms with Crippen molar-refractivity contribution in [2.75, 3.05) is 18.1 Å². The maximum atomic E-state index is 11.8. The molecule has 0 saturated carbocycles. The van der Waals surface area contributed by atoms with E-state index in [0.717, 1.165) is 31.6 Å². The molecule has 2 atom stereocenters. The Morgan fingerprint density at radius 3 is 3.11 bits per heavy atom. The van der Waals surface area contributed by atoms with Gasteiger partial charge in [0.1, 0.15) is 5.75 Å². The summed E-state index contributed by atoms with van der Waals surface area (Å²) in [6, 6.07) is 6.35. The van der Waals surface area contributed by atoms with Crippen LogP contribution in [0.5, 0.6) is 5.75 Å². The number of rotatable bonds is 6. The number of ether oxygens (including phenoxy) is 1. The molecule has 0 aromatic heterocycles. The summed E-state index contributed by atoms with van der Waals surface area (Å²) in [5.74, 6) is 2.32. The van der Waals surface area contributed by atoms with Crippen LogP contribution in [0.1, 0.15) is 24.5 Å². The third-order valence-electron chi connectivity index (χ3n) is 3.30. The maximum Gasteiger partial charge on any atom is 0.122 e. The van der Waals surface area contributed by atoms with Crippen LogP contribution >= 0.6 is 0 Å². The van der Waals surface area contributed by atoms with Gasteiger partial charge in [0.05, 0.1) is 6.61 Å². The largest absolute Gasteiger partial charge is 0.493 e. The molecular weight excluding hydrogens is 246 g/mol. The van der Waals surface area contributed by atoms with E-state index in [2.05, 4.69) is 12.1 Å². The molecule has 2 N–H and O–H groups in total. The second-order valence-corrected chi connectivity index (χ2v) is 6.39. The second kappa shape index (κ2) is 6.34. The van der Waals surface area contributed by atoms with Crippen molar-refractivity contribution < 1.29 is 8.95 Å². The summed E-state index contributed by atoms with van der Waals surface area (Å²) in [4.78, 5) is 0. The van der Waals surface area contributed by atoms with E-state index in [9.17, 15) is 4.21 Å². The molecule has 1 aromatic carbocycles. The van der Waals surface area contributed by atoms with Gasteiger partial charge in [0.25, 0.3) is 0 Å². The fourth-order valence-corrected chi connectivity index (χ4v) is 3.41. The molecule has 100 valence electrons. The third-order valence-corrected chi connectivity index (χ3v) is 4.76. The number of fused-ring (bicyclic) bond motifs is 1. The van der Waals surface area contributed by atoms with Crippen LogP contribution in [0, 0.1) is 0 Å². The molecule has 2 rings (SSSR count). The van der Waals surface area contributed by atoms with Crippen LogP contribution in [0.4, 0.5) is 0 Å². The zero-order valence-electron chi connectivity index (χ0n) is 10.9. The first-order chi connectivity index (χ1) is 8.69. The van der Waals surface area contributed by atoms with Gasteiger partial charge in [-0.3, -0.25) is 4.21 Å². The Balaban J connectivity index is 1.85. The topological polar surface area (TPSA) is 52.3 Å². The van der Waals surface area contributed by atoms with Crippen molar-refractivity contribution in [2.45, 2.75) is 32.2 Å². The lowest BCUT2D eigenvalue weighted by Gasteiger charge is -2.08. The average Bonchev–Trinajstić information content (AvgIpc) is 2.83. The molecule has 0 amide bonds. The van der Waals surface area contributed by atoms with Gasteiger partial charge in [0.15, 0.2) is 0 Å². The van der Waals surface area contributed by atoms with Crippen LogP contribution in [-0.4, -0.2) is 28.4 Å². The molecule has 1 aromatic rings. The summed E-state index contributed by atoms with van der Waals surface area (Å²) in [5.41, 5.74) is 8.34. The van der Waals surface area contributed by atoms with Gasteiger partial charge in [-0.05, 0) is 30.0 Å². The summed E-state index contributed by atoms with van der Waals surface area (Å²) in [7, 11) is -0.805. The fraction of sp³-hybridized carbons (Fsp3) is 0.571. The molecule has 0 radical (unpaired) electrons.